The van der Waals surface area contributed by atoms with E-state index in [0.717, 1.165) is 0 Å². The van der Waals surface area contributed by atoms with Crippen LogP contribution in [0, 0.1) is 19.7 Å². The summed E-state index contributed by atoms with van der Waals surface area (Å²) in [5.41, 5.74) is 0.154. The first-order chi connectivity index (χ1) is 5.15. The molecule has 0 saturated carbocycles. The second kappa shape index (κ2) is 2.79. The Morgan fingerprint density at radius 1 is 1.36 bits per heavy atom. The molecule has 5 heteroatoms. The predicted octanol–water partition coefficient (Wildman–Crippen LogP) is 1.08. The highest BCUT2D eigenvalue weighted by molar-refractivity contribution is 5.17. The molecule has 0 aliphatic carbocycles. The fraction of sp³-hybridized carbons (Fsp3) is 0.333. The zero-order valence-electron chi connectivity index (χ0n) is 6.13. The van der Waals surface area contributed by atoms with Gasteiger partial charge in [0.15, 0.2) is 0 Å². The molecule has 1 heterocycles. The first-order valence-electron chi connectivity index (χ1n) is 2.97. The lowest BCUT2D eigenvalue weighted by atomic mass is 10.4. The third-order valence-corrected chi connectivity index (χ3v) is 1.18. The summed E-state index contributed by atoms with van der Waals surface area (Å²) in [4.78, 5) is 10.9. The van der Waals surface area contributed by atoms with E-state index >= 15 is 0 Å². The average Bonchev–Trinajstić information content (AvgIpc) is 1.96. The van der Waals surface area contributed by atoms with Gasteiger partial charge in [0.1, 0.15) is 5.82 Å². The van der Waals surface area contributed by atoms with Gasteiger partial charge < -0.3 is 4.89 Å². The van der Waals surface area contributed by atoms with Crippen LogP contribution < -0.4 is 4.89 Å². The fourth-order valence-corrected chi connectivity index (χ4v) is 0.728. The molecule has 1 aromatic heterocycles. The Morgan fingerprint density at radius 3 is 2.55 bits per heavy atom. The van der Waals surface area contributed by atoms with E-state index in [1.165, 1.54) is 6.92 Å². The van der Waals surface area contributed by atoms with Crippen LogP contribution in [0.2, 0.25) is 0 Å². The summed E-state index contributed by atoms with van der Waals surface area (Å²) in [6.45, 7) is 3.04. The summed E-state index contributed by atoms with van der Waals surface area (Å²) >= 11 is 0. The first kappa shape index (κ1) is 7.87. The zero-order chi connectivity index (χ0) is 8.43. The first-order valence-corrected chi connectivity index (χ1v) is 2.97. The monoisotopic (exact) mass is 158 g/mol. The van der Waals surface area contributed by atoms with Crippen molar-refractivity contribution in [2.75, 3.05) is 0 Å². The Morgan fingerprint density at radius 2 is 2.00 bits per heavy atom. The van der Waals surface area contributed by atoms with E-state index in [4.69, 9.17) is 5.26 Å². The molecule has 0 unspecified atom stereocenters. The van der Waals surface area contributed by atoms with Crippen LogP contribution >= 0.6 is 0 Å². The molecule has 1 rings (SSSR count). The van der Waals surface area contributed by atoms with Gasteiger partial charge in [-0.15, -0.1) is 0 Å². The molecule has 0 radical (unpaired) electrons. The van der Waals surface area contributed by atoms with E-state index < -0.39 is 11.7 Å². The molecule has 0 bridgehead atoms. The summed E-state index contributed by atoms with van der Waals surface area (Å²) < 4.78 is 12.8. The van der Waals surface area contributed by atoms with E-state index in [1.54, 1.807) is 6.92 Å². The second-order valence-corrected chi connectivity index (χ2v) is 2.07. The van der Waals surface area contributed by atoms with Gasteiger partial charge in [0.2, 0.25) is 5.82 Å². The number of aryl methyl sites for hydroxylation is 2. The van der Waals surface area contributed by atoms with Gasteiger partial charge in [0.05, 0.1) is 5.69 Å². The SMILES string of the molecule is Cc1nc(C)c(F)c(OO)n1. The third-order valence-electron chi connectivity index (χ3n) is 1.18. The molecule has 0 fully saturated rings. The van der Waals surface area contributed by atoms with E-state index in [2.05, 4.69) is 14.9 Å². The Labute approximate surface area is 62.6 Å². The summed E-state index contributed by atoms with van der Waals surface area (Å²) in [5.74, 6) is -0.818. The number of rotatable bonds is 1. The van der Waals surface area contributed by atoms with Gasteiger partial charge in [-0.25, -0.2) is 10.2 Å². The van der Waals surface area contributed by atoms with E-state index in [0.29, 0.717) is 5.82 Å². The lowest BCUT2D eigenvalue weighted by Gasteiger charge is -2.00. The molecular weight excluding hydrogens is 151 g/mol. The molecular formula is C6H7FN2O2. The molecule has 0 amide bonds. The Balaban J connectivity index is 3.24. The van der Waals surface area contributed by atoms with Crippen LogP contribution in [-0.2, 0) is 0 Å². The number of hydrogen-bond donors (Lipinski definition) is 1. The fourth-order valence-electron chi connectivity index (χ4n) is 0.728. The van der Waals surface area contributed by atoms with Crippen molar-refractivity contribution in [3.05, 3.63) is 17.3 Å². The quantitative estimate of drug-likeness (QED) is 0.491. The van der Waals surface area contributed by atoms with Gasteiger partial charge in [-0.3, -0.25) is 0 Å². The van der Waals surface area contributed by atoms with Gasteiger partial charge >= 0.3 is 0 Å². The largest absolute Gasteiger partial charge is 0.316 e. The summed E-state index contributed by atoms with van der Waals surface area (Å²) in [6.07, 6.45) is 0. The standard InChI is InChI=1S/C6H7FN2O2/c1-3-5(7)6(11-10)9-4(2)8-3/h10H,1-2H3. The highest BCUT2D eigenvalue weighted by atomic mass is 19.1. The highest BCUT2D eigenvalue weighted by Gasteiger charge is 2.10. The van der Waals surface area contributed by atoms with E-state index in [9.17, 15) is 4.39 Å². The smallest absolute Gasteiger partial charge is 0.295 e. The van der Waals surface area contributed by atoms with Crippen LogP contribution in [-0.4, -0.2) is 15.2 Å². The second-order valence-electron chi connectivity index (χ2n) is 2.07. The van der Waals surface area contributed by atoms with Crippen molar-refractivity contribution >= 4 is 0 Å². The molecule has 0 atom stereocenters. The van der Waals surface area contributed by atoms with Crippen molar-refractivity contribution in [3.63, 3.8) is 0 Å². The predicted molar refractivity (Wildman–Crippen MR) is 34.7 cm³/mol. The van der Waals surface area contributed by atoms with Gasteiger partial charge in [0.25, 0.3) is 5.88 Å². The topological polar surface area (TPSA) is 55.2 Å². The molecule has 4 nitrogen and oxygen atoms in total. The lowest BCUT2D eigenvalue weighted by Crippen LogP contribution is -2.00. The van der Waals surface area contributed by atoms with Crippen molar-refractivity contribution < 1.29 is 14.5 Å². The normalized spacial score (nSPS) is 9.82. The third kappa shape index (κ3) is 1.43. The van der Waals surface area contributed by atoms with Gasteiger partial charge in [-0.05, 0) is 13.8 Å². The molecule has 0 aromatic carbocycles. The molecule has 0 aliphatic heterocycles. The van der Waals surface area contributed by atoms with E-state index in [-0.39, 0.29) is 5.69 Å². The van der Waals surface area contributed by atoms with Crippen molar-refractivity contribution in [2.24, 2.45) is 0 Å². The average molecular weight is 158 g/mol. The number of nitrogens with zero attached hydrogens (tertiary/aromatic N) is 2. The molecule has 1 N–H and O–H groups in total. The Kier molecular flexibility index (Phi) is 2.00. The summed E-state index contributed by atoms with van der Waals surface area (Å²) in [6, 6.07) is 0. The molecule has 1 aromatic rings. The van der Waals surface area contributed by atoms with Crippen molar-refractivity contribution in [2.45, 2.75) is 13.8 Å². The molecule has 0 aliphatic rings. The number of aromatic nitrogens is 2. The minimum absolute atomic E-state index is 0.154. The van der Waals surface area contributed by atoms with Crippen LogP contribution in [0.15, 0.2) is 0 Å². The lowest BCUT2D eigenvalue weighted by molar-refractivity contribution is -0.144. The summed E-state index contributed by atoms with van der Waals surface area (Å²) in [7, 11) is 0. The maximum atomic E-state index is 12.8. The van der Waals surface area contributed by atoms with Crippen molar-refractivity contribution in [3.8, 4) is 5.88 Å². The van der Waals surface area contributed by atoms with Crippen LogP contribution in [0.4, 0.5) is 4.39 Å². The minimum Gasteiger partial charge on any atom is -0.316 e. The minimum atomic E-state index is -0.738. The Bertz CT molecular complexity index is 278. The van der Waals surface area contributed by atoms with Crippen molar-refractivity contribution in [1.29, 1.82) is 0 Å². The van der Waals surface area contributed by atoms with Crippen molar-refractivity contribution in [1.82, 2.24) is 9.97 Å². The van der Waals surface area contributed by atoms with Crippen LogP contribution in [0.5, 0.6) is 5.88 Å². The molecule has 0 spiro atoms. The zero-order valence-corrected chi connectivity index (χ0v) is 6.13. The van der Waals surface area contributed by atoms with Crippen LogP contribution in [0.25, 0.3) is 0 Å². The maximum Gasteiger partial charge on any atom is 0.295 e. The summed E-state index contributed by atoms with van der Waals surface area (Å²) in [5, 5.41) is 8.14. The van der Waals surface area contributed by atoms with Gasteiger partial charge in [-0.2, -0.15) is 9.37 Å². The van der Waals surface area contributed by atoms with Crippen LogP contribution in [0.3, 0.4) is 0 Å². The maximum absolute atomic E-state index is 12.8. The van der Waals surface area contributed by atoms with Gasteiger partial charge in [0, 0.05) is 0 Å². The highest BCUT2D eigenvalue weighted by Crippen LogP contribution is 2.14. The van der Waals surface area contributed by atoms with Gasteiger partial charge in [-0.1, -0.05) is 0 Å². The van der Waals surface area contributed by atoms with Crippen LogP contribution in [0.1, 0.15) is 11.5 Å². The van der Waals surface area contributed by atoms with E-state index in [1.807, 2.05) is 0 Å². The molecule has 11 heavy (non-hydrogen) atoms. The Hall–Kier alpha value is -1.23. The molecule has 60 valence electrons. The number of halogens is 1. The number of hydrogen-bond acceptors (Lipinski definition) is 4. The molecule has 0 saturated heterocycles.